The maximum atomic E-state index is 12.9. The molecule has 4 aliphatic carbocycles. The lowest BCUT2D eigenvalue weighted by molar-refractivity contribution is -0.369. The van der Waals surface area contributed by atoms with Gasteiger partial charge in [-0.25, -0.2) is 0 Å². The molecule has 0 radical (unpaired) electrons. The molecule has 8 rings (SSSR count). The summed E-state index contributed by atoms with van der Waals surface area (Å²) in [5, 5.41) is 88.5. The Bertz CT molecular complexity index is 1410. The van der Waals surface area contributed by atoms with E-state index < -0.39 is 96.5 Å². The summed E-state index contributed by atoms with van der Waals surface area (Å²) in [6.45, 7) is 10.1. The van der Waals surface area contributed by atoms with E-state index in [2.05, 4.69) is 26.8 Å². The van der Waals surface area contributed by atoms with E-state index in [0.717, 1.165) is 25.7 Å². The number of hydrogen-bond donors (Lipinski definition) is 8. The summed E-state index contributed by atoms with van der Waals surface area (Å²) in [5.41, 5.74) is -2.13. The first-order chi connectivity index (χ1) is 24.9. The van der Waals surface area contributed by atoms with Gasteiger partial charge in [-0.1, -0.05) is 39.3 Å². The molecule has 7 fully saturated rings. The molecule has 0 bridgehead atoms. The summed E-state index contributed by atoms with van der Waals surface area (Å²) in [6.07, 6.45) is -6.28. The monoisotopic (exact) mass is 754 g/mol. The first-order valence-electron chi connectivity index (χ1n) is 20.0. The molecule has 0 aromatic carbocycles. The van der Waals surface area contributed by atoms with E-state index in [4.69, 9.17) is 28.4 Å². The van der Waals surface area contributed by atoms with Crippen LogP contribution in [-0.2, 0) is 28.4 Å². The van der Waals surface area contributed by atoms with E-state index >= 15 is 0 Å². The molecule has 53 heavy (non-hydrogen) atoms. The molecule has 13 unspecified atom stereocenters. The molecule has 3 saturated carbocycles. The third-order valence-corrected chi connectivity index (χ3v) is 16.0. The highest BCUT2D eigenvalue weighted by Gasteiger charge is 2.81. The van der Waals surface area contributed by atoms with Crippen LogP contribution in [0.2, 0.25) is 0 Å². The van der Waals surface area contributed by atoms with E-state index in [-0.39, 0.29) is 29.3 Å². The van der Waals surface area contributed by atoms with Gasteiger partial charge in [-0.15, -0.1) is 0 Å². The standard InChI is InChI=1S/C39H62O14/c1-18-8-13-38(48-17-18)20(3)39(47)26(53-38)15-37(46)24-7-6-21-14-22(9-11-35(21,4)23(24)10-12-36(37,39)5)50-34-32(30(44)28(42)25(16-40)51-34)52-33-31(45)29(43)27(41)19(2)49-33/h6,18-20,22-34,40-47H,7-17H2,1-5H3/t18?,19?,20?,22?,23-,24+,25?,26-,27?,28?,29?,30?,31?,32?,33?,34?,35-,36-,37+,38+,39+/m0/s1. The van der Waals surface area contributed by atoms with Crippen molar-refractivity contribution in [2.75, 3.05) is 13.2 Å². The van der Waals surface area contributed by atoms with Gasteiger partial charge in [-0.3, -0.25) is 0 Å². The van der Waals surface area contributed by atoms with Gasteiger partial charge in [0.15, 0.2) is 18.4 Å². The fourth-order valence-corrected chi connectivity index (χ4v) is 12.4. The summed E-state index contributed by atoms with van der Waals surface area (Å²) in [5.74, 6) is -0.554. The maximum Gasteiger partial charge on any atom is 0.187 e. The predicted molar refractivity (Wildman–Crippen MR) is 184 cm³/mol. The number of hydrogen-bond acceptors (Lipinski definition) is 14. The van der Waals surface area contributed by atoms with E-state index in [0.29, 0.717) is 44.6 Å². The Morgan fingerprint density at radius 2 is 1.57 bits per heavy atom. The number of aliphatic hydroxyl groups is 8. The van der Waals surface area contributed by atoms with E-state index in [1.807, 2.05) is 6.92 Å². The van der Waals surface area contributed by atoms with Crippen LogP contribution in [0.15, 0.2) is 11.6 Å². The van der Waals surface area contributed by atoms with Crippen LogP contribution in [0.4, 0.5) is 0 Å². The number of rotatable bonds is 5. The number of fused-ring (bicyclic) bond motifs is 7. The Labute approximate surface area is 311 Å². The summed E-state index contributed by atoms with van der Waals surface area (Å²) in [6, 6.07) is 0. The lowest BCUT2D eigenvalue weighted by Crippen LogP contribution is -2.66. The number of allylic oxidation sites excluding steroid dienone is 1. The van der Waals surface area contributed by atoms with Gasteiger partial charge in [0, 0.05) is 24.2 Å². The summed E-state index contributed by atoms with van der Waals surface area (Å²) < 4.78 is 37.1. The molecule has 302 valence electrons. The summed E-state index contributed by atoms with van der Waals surface area (Å²) >= 11 is 0. The molecule has 4 heterocycles. The molecule has 4 saturated heterocycles. The van der Waals surface area contributed by atoms with Crippen LogP contribution in [-0.4, -0.2) is 145 Å². The third-order valence-electron chi connectivity index (χ3n) is 16.0. The van der Waals surface area contributed by atoms with Crippen LogP contribution in [0.5, 0.6) is 0 Å². The fourth-order valence-electron chi connectivity index (χ4n) is 12.4. The zero-order valence-electron chi connectivity index (χ0n) is 31.6. The quantitative estimate of drug-likeness (QED) is 0.181. The smallest absolute Gasteiger partial charge is 0.187 e. The van der Waals surface area contributed by atoms with Crippen molar-refractivity contribution in [3.63, 3.8) is 0 Å². The van der Waals surface area contributed by atoms with Gasteiger partial charge in [0.05, 0.1) is 37.1 Å². The van der Waals surface area contributed by atoms with Crippen molar-refractivity contribution in [3.8, 4) is 0 Å². The van der Waals surface area contributed by atoms with Gasteiger partial charge in [-0.05, 0) is 75.0 Å². The van der Waals surface area contributed by atoms with E-state index in [1.165, 1.54) is 12.5 Å². The van der Waals surface area contributed by atoms with E-state index in [9.17, 15) is 40.9 Å². The second-order valence-corrected chi connectivity index (χ2v) is 18.5. The molecule has 0 aromatic rings. The first-order valence-corrected chi connectivity index (χ1v) is 20.0. The Kier molecular flexibility index (Phi) is 9.84. The summed E-state index contributed by atoms with van der Waals surface area (Å²) in [4.78, 5) is 0. The van der Waals surface area contributed by atoms with Crippen molar-refractivity contribution < 1.29 is 69.3 Å². The molecule has 8 N–H and O–H groups in total. The van der Waals surface area contributed by atoms with Crippen LogP contribution < -0.4 is 0 Å². The van der Waals surface area contributed by atoms with Crippen molar-refractivity contribution in [1.82, 2.24) is 0 Å². The van der Waals surface area contributed by atoms with Crippen molar-refractivity contribution >= 4 is 0 Å². The number of aliphatic hydroxyl groups excluding tert-OH is 6. The molecule has 14 heteroatoms. The fraction of sp³-hybridized carbons (Fsp3) is 0.949. The van der Waals surface area contributed by atoms with Gasteiger partial charge < -0.3 is 69.3 Å². The molecule has 1 spiro atoms. The molecule has 14 nitrogen and oxygen atoms in total. The third kappa shape index (κ3) is 5.49. The number of ether oxygens (including phenoxy) is 6. The SMILES string of the molecule is CC1CC[C@@]2(OC1)O[C@H]1C[C@@]3(O)[C@@H]4CC=C5CC(OC6OC(CO)C(O)C(O)C6OC6OC(C)C(O)C(O)C6O)CC[C@]5(C)[C@H]4CC[C@]3(C)[C@@]1(O)C2C. The van der Waals surface area contributed by atoms with Crippen LogP contribution in [0.25, 0.3) is 0 Å². The summed E-state index contributed by atoms with van der Waals surface area (Å²) in [7, 11) is 0. The molecular weight excluding hydrogens is 692 g/mol. The Balaban J connectivity index is 0.995. The Morgan fingerprint density at radius 3 is 2.26 bits per heavy atom. The highest BCUT2D eigenvalue weighted by molar-refractivity contribution is 5.33. The maximum absolute atomic E-state index is 12.9. The predicted octanol–water partition coefficient (Wildman–Crippen LogP) is 0.620. The average Bonchev–Trinajstić information content (AvgIpc) is 3.44. The largest absolute Gasteiger partial charge is 0.394 e. The van der Waals surface area contributed by atoms with Crippen LogP contribution >= 0.6 is 0 Å². The average molecular weight is 755 g/mol. The van der Waals surface area contributed by atoms with Crippen LogP contribution in [0, 0.1) is 34.5 Å². The van der Waals surface area contributed by atoms with Crippen molar-refractivity contribution in [2.45, 2.75) is 183 Å². The van der Waals surface area contributed by atoms with E-state index in [1.54, 1.807) is 0 Å². The molecule has 0 amide bonds. The van der Waals surface area contributed by atoms with Crippen molar-refractivity contribution in [3.05, 3.63) is 11.6 Å². The Morgan fingerprint density at radius 1 is 0.811 bits per heavy atom. The minimum Gasteiger partial charge on any atom is -0.394 e. The second-order valence-electron chi connectivity index (χ2n) is 18.5. The minimum atomic E-state index is -1.65. The molecular formula is C39H62O14. The van der Waals surface area contributed by atoms with Crippen molar-refractivity contribution in [1.29, 1.82) is 0 Å². The van der Waals surface area contributed by atoms with Gasteiger partial charge >= 0.3 is 0 Å². The van der Waals surface area contributed by atoms with Crippen LogP contribution in [0.1, 0.15) is 92.4 Å². The van der Waals surface area contributed by atoms with Gasteiger partial charge in [0.1, 0.15) is 48.3 Å². The zero-order valence-corrected chi connectivity index (χ0v) is 31.6. The molecule has 8 aliphatic rings. The molecule has 0 aromatic heterocycles. The lowest BCUT2D eigenvalue weighted by Gasteiger charge is -2.63. The van der Waals surface area contributed by atoms with Gasteiger partial charge in [-0.2, -0.15) is 0 Å². The van der Waals surface area contributed by atoms with Gasteiger partial charge in [0.25, 0.3) is 0 Å². The van der Waals surface area contributed by atoms with Crippen LogP contribution in [0.3, 0.4) is 0 Å². The molecule has 4 aliphatic heterocycles. The zero-order chi connectivity index (χ0) is 38.0. The highest BCUT2D eigenvalue weighted by Crippen LogP contribution is 2.73. The first kappa shape index (κ1) is 39.0. The van der Waals surface area contributed by atoms with Gasteiger partial charge in [0.2, 0.25) is 0 Å². The topological polar surface area (TPSA) is 217 Å². The Hall–Kier alpha value is -0.820. The second kappa shape index (κ2) is 13.4. The lowest BCUT2D eigenvalue weighted by atomic mass is 9.44. The normalized spacial score (nSPS) is 59.5. The minimum absolute atomic E-state index is 0.0688. The van der Waals surface area contributed by atoms with Crippen molar-refractivity contribution in [2.24, 2.45) is 34.5 Å². The molecule has 21 atom stereocenters. The highest BCUT2D eigenvalue weighted by atomic mass is 16.8.